The highest BCUT2D eigenvalue weighted by atomic mass is 32.2. The summed E-state index contributed by atoms with van der Waals surface area (Å²) in [6.45, 7) is 3.40. The van der Waals surface area contributed by atoms with Crippen LogP contribution in [0.1, 0.15) is 39.5 Å². The molecule has 2 aromatic carbocycles. The number of rotatable bonds is 7. The fraction of sp³-hybridized carbons (Fsp3) is 0.364. The summed E-state index contributed by atoms with van der Waals surface area (Å²) in [5.41, 5.74) is 1.66. The summed E-state index contributed by atoms with van der Waals surface area (Å²) in [4.78, 5) is 26.0. The van der Waals surface area contributed by atoms with Crippen LogP contribution in [0.25, 0.3) is 0 Å². The van der Waals surface area contributed by atoms with Gasteiger partial charge in [0.05, 0.1) is 10.9 Å². The van der Waals surface area contributed by atoms with Gasteiger partial charge in [0, 0.05) is 27.7 Å². The van der Waals surface area contributed by atoms with Crippen molar-refractivity contribution < 1.29 is 9.59 Å². The highest BCUT2D eigenvalue weighted by molar-refractivity contribution is 8.00. The molecule has 0 spiro atoms. The van der Waals surface area contributed by atoms with E-state index in [0.29, 0.717) is 5.25 Å². The molecule has 2 aromatic rings. The van der Waals surface area contributed by atoms with E-state index in [1.807, 2.05) is 61.2 Å². The van der Waals surface area contributed by atoms with Crippen LogP contribution in [0.5, 0.6) is 0 Å². The molecule has 0 aliphatic heterocycles. The highest BCUT2D eigenvalue weighted by Crippen LogP contribution is 2.38. The second-order valence-electron chi connectivity index (χ2n) is 6.98. The summed E-state index contributed by atoms with van der Waals surface area (Å²) < 4.78 is 0. The lowest BCUT2D eigenvalue weighted by Crippen LogP contribution is -2.22. The Hall–Kier alpha value is -1.92. The van der Waals surface area contributed by atoms with Gasteiger partial charge in [-0.2, -0.15) is 0 Å². The molecule has 1 atom stereocenters. The lowest BCUT2D eigenvalue weighted by atomic mass is 10.3. The zero-order valence-electron chi connectivity index (χ0n) is 16.2. The van der Waals surface area contributed by atoms with Crippen molar-refractivity contribution in [1.82, 2.24) is 0 Å². The first kappa shape index (κ1) is 20.8. The van der Waals surface area contributed by atoms with Gasteiger partial charge in [0.15, 0.2) is 0 Å². The second-order valence-corrected chi connectivity index (χ2v) is 9.73. The van der Waals surface area contributed by atoms with Gasteiger partial charge in [-0.25, -0.2) is 0 Å². The molecule has 3 rings (SSSR count). The Bertz CT molecular complexity index is 818. The highest BCUT2D eigenvalue weighted by Gasteiger charge is 2.20. The summed E-state index contributed by atoms with van der Waals surface area (Å²) in [6.07, 6.45) is 5.13. The van der Waals surface area contributed by atoms with E-state index in [1.165, 1.54) is 44.4 Å². The molecule has 1 aliphatic rings. The minimum absolute atomic E-state index is 0.00425. The first-order chi connectivity index (χ1) is 13.5. The van der Waals surface area contributed by atoms with Gasteiger partial charge in [0.1, 0.15) is 0 Å². The molecule has 0 aromatic heterocycles. The van der Waals surface area contributed by atoms with Crippen LogP contribution in [-0.2, 0) is 9.59 Å². The molecule has 0 radical (unpaired) electrons. The number of benzene rings is 2. The van der Waals surface area contributed by atoms with E-state index >= 15 is 0 Å². The van der Waals surface area contributed by atoms with Gasteiger partial charge in [0.2, 0.25) is 11.8 Å². The minimum Gasteiger partial charge on any atom is -0.326 e. The van der Waals surface area contributed by atoms with Crippen molar-refractivity contribution in [3.63, 3.8) is 0 Å². The fourth-order valence-corrected chi connectivity index (χ4v) is 5.37. The number of carbonyl (C=O) groups is 2. The average molecular weight is 415 g/mol. The molecule has 2 N–H and O–H groups in total. The molecule has 1 aliphatic carbocycles. The van der Waals surface area contributed by atoms with Crippen molar-refractivity contribution in [3.8, 4) is 0 Å². The van der Waals surface area contributed by atoms with E-state index in [-0.39, 0.29) is 17.1 Å². The molecule has 1 unspecified atom stereocenters. The lowest BCUT2D eigenvalue weighted by molar-refractivity contribution is -0.115. The zero-order chi connectivity index (χ0) is 19.9. The predicted molar refractivity (Wildman–Crippen MR) is 119 cm³/mol. The van der Waals surface area contributed by atoms with Gasteiger partial charge in [0.25, 0.3) is 0 Å². The molecule has 148 valence electrons. The molecular weight excluding hydrogens is 388 g/mol. The first-order valence-electron chi connectivity index (χ1n) is 9.62. The molecule has 1 fully saturated rings. The molecule has 1 saturated carbocycles. The van der Waals surface area contributed by atoms with Gasteiger partial charge in [-0.05, 0) is 56.2 Å². The largest absolute Gasteiger partial charge is 0.326 e. The lowest BCUT2D eigenvalue weighted by Gasteiger charge is -2.16. The van der Waals surface area contributed by atoms with Crippen LogP contribution in [0.4, 0.5) is 11.4 Å². The van der Waals surface area contributed by atoms with Crippen molar-refractivity contribution in [1.29, 1.82) is 0 Å². The van der Waals surface area contributed by atoms with Crippen LogP contribution in [0.15, 0.2) is 58.3 Å². The monoisotopic (exact) mass is 414 g/mol. The van der Waals surface area contributed by atoms with Crippen LogP contribution in [0, 0.1) is 0 Å². The van der Waals surface area contributed by atoms with E-state index in [0.717, 1.165) is 21.2 Å². The Labute approximate surface area is 175 Å². The smallest absolute Gasteiger partial charge is 0.237 e. The second kappa shape index (κ2) is 10.0. The van der Waals surface area contributed by atoms with Crippen LogP contribution in [0.3, 0.4) is 0 Å². The molecule has 0 saturated heterocycles. The molecule has 0 bridgehead atoms. The van der Waals surface area contributed by atoms with E-state index in [1.54, 1.807) is 0 Å². The SMILES string of the molecule is CC(=O)Nc1ccc(SC(C)C(=O)Nc2ccccc2SC2CCCC2)cc1. The standard InChI is InChI=1S/C22H26N2O2S2/c1-15(27-19-13-11-17(12-14-19)23-16(2)25)22(26)24-20-9-5-6-10-21(20)28-18-7-3-4-8-18/h5-6,9-15,18H,3-4,7-8H2,1-2H3,(H,23,25)(H,24,26). The Balaban J connectivity index is 1.59. The van der Waals surface area contributed by atoms with Crippen LogP contribution >= 0.6 is 23.5 Å². The van der Waals surface area contributed by atoms with Crippen molar-refractivity contribution in [2.75, 3.05) is 10.6 Å². The van der Waals surface area contributed by atoms with E-state index < -0.39 is 0 Å². The molecule has 28 heavy (non-hydrogen) atoms. The number of anilines is 2. The summed E-state index contributed by atoms with van der Waals surface area (Å²) in [5.74, 6) is -0.0994. The topological polar surface area (TPSA) is 58.2 Å². The number of hydrogen-bond acceptors (Lipinski definition) is 4. The average Bonchev–Trinajstić information content (AvgIpc) is 3.17. The minimum atomic E-state index is -0.226. The summed E-state index contributed by atoms with van der Waals surface area (Å²) in [6, 6.07) is 15.6. The Morgan fingerprint density at radius 2 is 1.68 bits per heavy atom. The number of hydrogen-bond donors (Lipinski definition) is 2. The number of thioether (sulfide) groups is 2. The Morgan fingerprint density at radius 1 is 1.00 bits per heavy atom. The van der Waals surface area contributed by atoms with Crippen LogP contribution in [-0.4, -0.2) is 22.3 Å². The molecule has 6 heteroatoms. The molecule has 4 nitrogen and oxygen atoms in total. The van der Waals surface area contributed by atoms with Crippen molar-refractivity contribution in [2.45, 2.75) is 59.8 Å². The normalized spacial score (nSPS) is 15.2. The number of amides is 2. The van der Waals surface area contributed by atoms with Gasteiger partial charge >= 0.3 is 0 Å². The number of carbonyl (C=O) groups excluding carboxylic acids is 2. The third-order valence-electron chi connectivity index (χ3n) is 4.60. The maximum atomic E-state index is 12.7. The predicted octanol–water partition coefficient (Wildman–Crippen LogP) is 5.80. The van der Waals surface area contributed by atoms with Crippen molar-refractivity contribution >= 4 is 46.7 Å². The number of nitrogens with one attached hydrogen (secondary N) is 2. The summed E-state index contributed by atoms with van der Waals surface area (Å²) in [7, 11) is 0. The third kappa shape index (κ3) is 6.04. The van der Waals surface area contributed by atoms with Gasteiger partial charge in [-0.1, -0.05) is 25.0 Å². The number of para-hydroxylation sites is 1. The maximum absolute atomic E-state index is 12.7. The van der Waals surface area contributed by atoms with Crippen molar-refractivity contribution in [3.05, 3.63) is 48.5 Å². The molecular formula is C22H26N2O2S2. The zero-order valence-corrected chi connectivity index (χ0v) is 17.9. The van der Waals surface area contributed by atoms with Gasteiger partial charge < -0.3 is 10.6 Å². The van der Waals surface area contributed by atoms with E-state index in [4.69, 9.17) is 0 Å². The molecule has 2 amide bonds. The quantitative estimate of drug-likeness (QED) is 0.562. The first-order valence-corrected chi connectivity index (χ1v) is 11.4. The summed E-state index contributed by atoms with van der Waals surface area (Å²) >= 11 is 3.39. The Kier molecular flexibility index (Phi) is 7.45. The van der Waals surface area contributed by atoms with Gasteiger partial charge in [-0.3, -0.25) is 9.59 Å². The Morgan fingerprint density at radius 3 is 2.36 bits per heavy atom. The van der Waals surface area contributed by atoms with Crippen molar-refractivity contribution in [2.24, 2.45) is 0 Å². The fourth-order valence-electron chi connectivity index (χ4n) is 3.17. The van der Waals surface area contributed by atoms with Crippen LogP contribution in [0.2, 0.25) is 0 Å². The maximum Gasteiger partial charge on any atom is 0.237 e. The van der Waals surface area contributed by atoms with E-state index in [9.17, 15) is 9.59 Å². The third-order valence-corrected chi connectivity index (χ3v) is 7.12. The van der Waals surface area contributed by atoms with Crippen LogP contribution < -0.4 is 10.6 Å². The summed E-state index contributed by atoms with van der Waals surface area (Å²) in [5, 5.41) is 6.28. The van der Waals surface area contributed by atoms with Gasteiger partial charge in [-0.15, -0.1) is 23.5 Å². The van der Waals surface area contributed by atoms with E-state index in [2.05, 4.69) is 16.7 Å². The molecule has 0 heterocycles.